The summed E-state index contributed by atoms with van der Waals surface area (Å²) in [6, 6.07) is 11.2. The Morgan fingerprint density at radius 3 is 2.80 bits per heavy atom. The van der Waals surface area contributed by atoms with Crippen molar-refractivity contribution < 1.29 is 9.18 Å². The maximum atomic E-state index is 13.1. The van der Waals surface area contributed by atoms with Gasteiger partial charge in [-0.25, -0.2) is 9.37 Å². The lowest BCUT2D eigenvalue weighted by Crippen LogP contribution is -2.50. The Balaban J connectivity index is 1.54. The molecule has 1 aromatic heterocycles. The number of halogens is 1. The molecule has 2 fully saturated rings. The van der Waals surface area contributed by atoms with Crippen LogP contribution in [0, 0.1) is 18.7 Å². The van der Waals surface area contributed by atoms with Gasteiger partial charge >= 0.3 is 0 Å². The highest BCUT2D eigenvalue weighted by molar-refractivity contribution is 5.94. The normalized spacial score (nSPS) is 22.8. The van der Waals surface area contributed by atoms with E-state index in [0.29, 0.717) is 5.92 Å². The van der Waals surface area contributed by atoms with Crippen LogP contribution in [-0.4, -0.2) is 41.5 Å². The highest BCUT2D eigenvalue weighted by Crippen LogP contribution is 2.34. The molecule has 0 aliphatic carbocycles. The number of carbonyl (C=O) groups is 1. The number of pyridine rings is 1. The maximum Gasteiger partial charge on any atom is 0.254 e. The zero-order valence-electron chi connectivity index (χ0n) is 14.4. The van der Waals surface area contributed by atoms with Crippen molar-refractivity contribution in [1.82, 2.24) is 9.88 Å². The number of anilines is 1. The van der Waals surface area contributed by atoms with Crippen LogP contribution in [0.5, 0.6) is 0 Å². The molecule has 0 N–H and O–H groups in total. The van der Waals surface area contributed by atoms with Crippen molar-refractivity contribution in [2.45, 2.75) is 25.8 Å². The molecule has 0 spiro atoms. The van der Waals surface area contributed by atoms with Crippen LogP contribution in [0.15, 0.2) is 42.6 Å². The molecule has 0 bridgehead atoms. The molecular formula is C20H22FN3O. The Bertz CT molecular complexity index is 777. The quantitative estimate of drug-likeness (QED) is 0.842. The van der Waals surface area contributed by atoms with Crippen LogP contribution in [-0.2, 0) is 0 Å². The first-order chi connectivity index (χ1) is 12.1. The summed E-state index contributed by atoms with van der Waals surface area (Å²) in [5.41, 5.74) is 1.86. The fourth-order valence-corrected chi connectivity index (χ4v) is 4.10. The number of aromatic nitrogens is 1. The van der Waals surface area contributed by atoms with Crippen molar-refractivity contribution in [3.8, 4) is 0 Å². The predicted molar refractivity (Wildman–Crippen MR) is 95.1 cm³/mol. The second kappa shape index (κ2) is 6.47. The topological polar surface area (TPSA) is 36.4 Å². The molecule has 130 valence electrons. The second-order valence-corrected chi connectivity index (χ2v) is 7.05. The van der Waals surface area contributed by atoms with Gasteiger partial charge in [0.05, 0.1) is 12.2 Å². The molecule has 3 heterocycles. The fourth-order valence-electron chi connectivity index (χ4n) is 4.10. The summed E-state index contributed by atoms with van der Waals surface area (Å²) in [5.74, 6) is 1.13. The van der Waals surface area contributed by atoms with Gasteiger partial charge in [-0.15, -0.1) is 0 Å². The van der Waals surface area contributed by atoms with E-state index in [0.717, 1.165) is 49.4 Å². The number of benzene rings is 1. The molecule has 1 amide bonds. The molecule has 25 heavy (non-hydrogen) atoms. The molecule has 2 atom stereocenters. The van der Waals surface area contributed by atoms with Crippen LogP contribution >= 0.6 is 0 Å². The van der Waals surface area contributed by atoms with Crippen LogP contribution in [0.2, 0.25) is 0 Å². The molecule has 2 unspecified atom stereocenters. The number of piperidine rings is 1. The third kappa shape index (κ3) is 3.11. The zero-order chi connectivity index (χ0) is 17.4. The summed E-state index contributed by atoms with van der Waals surface area (Å²) < 4.78 is 13.1. The van der Waals surface area contributed by atoms with Gasteiger partial charge in [0.1, 0.15) is 11.6 Å². The molecule has 4 nitrogen and oxygen atoms in total. The highest BCUT2D eigenvalue weighted by Gasteiger charge is 2.41. The lowest BCUT2D eigenvalue weighted by molar-refractivity contribution is 0.0712. The van der Waals surface area contributed by atoms with Gasteiger partial charge in [0.25, 0.3) is 5.91 Å². The number of amides is 1. The molecule has 2 saturated heterocycles. The standard InChI is InChI=1S/C20H22FN3O/c1-14-3-2-4-16(11-14)20(25)24-10-8-15-7-9-23(13-18(15)24)19-6-5-17(21)12-22-19/h2-6,11-12,15,18H,7-10,13H2,1H3. The van der Waals surface area contributed by atoms with Crippen molar-refractivity contribution >= 4 is 11.7 Å². The van der Waals surface area contributed by atoms with Crippen molar-refractivity contribution in [3.05, 3.63) is 59.5 Å². The molecule has 1 aromatic carbocycles. The Morgan fingerprint density at radius 2 is 2.04 bits per heavy atom. The SMILES string of the molecule is Cc1cccc(C(=O)N2CCC3CCN(c4ccc(F)cn4)CC32)c1. The van der Waals surface area contributed by atoms with Gasteiger partial charge in [-0.3, -0.25) is 4.79 Å². The second-order valence-electron chi connectivity index (χ2n) is 7.05. The maximum absolute atomic E-state index is 13.1. The van der Waals surface area contributed by atoms with Gasteiger partial charge in [-0.2, -0.15) is 0 Å². The van der Waals surface area contributed by atoms with Crippen molar-refractivity contribution in [3.63, 3.8) is 0 Å². The summed E-state index contributed by atoms with van der Waals surface area (Å²) in [6.45, 7) is 4.49. The largest absolute Gasteiger partial charge is 0.355 e. The van der Waals surface area contributed by atoms with Gasteiger partial charge in [0.15, 0.2) is 0 Å². The van der Waals surface area contributed by atoms with Crippen molar-refractivity contribution in [2.24, 2.45) is 5.92 Å². The average Bonchev–Trinajstić information content (AvgIpc) is 3.05. The van der Waals surface area contributed by atoms with Crippen LogP contribution in [0.3, 0.4) is 0 Å². The van der Waals surface area contributed by atoms with Crippen LogP contribution < -0.4 is 4.90 Å². The lowest BCUT2D eigenvalue weighted by Gasteiger charge is -2.39. The van der Waals surface area contributed by atoms with E-state index in [9.17, 15) is 9.18 Å². The molecule has 4 rings (SSSR count). The zero-order valence-corrected chi connectivity index (χ0v) is 14.4. The minimum Gasteiger partial charge on any atom is -0.355 e. The monoisotopic (exact) mass is 339 g/mol. The third-order valence-corrected chi connectivity index (χ3v) is 5.42. The Morgan fingerprint density at radius 1 is 1.20 bits per heavy atom. The number of likely N-dealkylation sites (tertiary alicyclic amines) is 1. The van der Waals surface area contributed by atoms with E-state index in [1.54, 1.807) is 6.07 Å². The number of nitrogens with zero attached hydrogens (tertiary/aromatic N) is 3. The van der Waals surface area contributed by atoms with Crippen LogP contribution in [0.4, 0.5) is 10.2 Å². The minimum atomic E-state index is -0.323. The lowest BCUT2D eigenvalue weighted by atomic mass is 9.92. The van der Waals surface area contributed by atoms with Gasteiger partial charge in [-0.05, 0) is 49.9 Å². The van der Waals surface area contributed by atoms with E-state index in [1.165, 1.54) is 12.3 Å². The van der Waals surface area contributed by atoms with Gasteiger partial charge in [-0.1, -0.05) is 17.7 Å². The first-order valence-electron chi connectivity index (χ1n) is 8.86. The van der Waals surface area contributed by atoms with Gasteiger partial charge < -0.3 is 9.80 Å². The minimum absolute atomic E-state index is 0.116. The van der Waals surface area contributed by atoms with E-state index < -0.39 is 0 Å². The Hall–Kier alpha value is -2.43. The van der Waals surface area contributed by atoms with Crippen molar-refractivity contribution in [1.29, 1.82) is 0 Å². The average molecular weight is 339 g/mol. The molecule has 2 aliphatic rings. The third-order valence-electron chi connectivity index (χ3n) is 5.42. The first-order valence-corrected chi connectivity index (χ1v) is 8.86. The number of hydrogen-bond acceptors (Lipinski definition) is 3. The Kier molecular flexibility index (Phi) is 4.15. The molecule has 0 saturated carbocycles. The molecule has 5 heteroatoms. The summed E-state index contributed by atoms with van der Waals surface area (Å²) in [4.78, 5) is 21.4. The highest BCUT2D eigenvalue weighted by atomic mass is 19.1. The van der Waals surface area contributed by atoms with E-state index in [2.05, 4.69) is 9.88 Å². The summed E-state index contributed by atoms with van der Waals surface area (Å²) in [5, 5.41) is 0. The van der Waals surface area contributed by atoms with Crippen LogP contribution in [0.25, 0.3) is 0 Å². The number of rotatable bonds is 2. The molecule has 0 radical (unpaired) electrons. The fraction of sp³-hybridized carbons (Fsp3) is 0.400. The molecular weight excluding hydrogens is 317 g/mol. The van der Waals surface area contributed by atoms with E-state index in [-0.39, 0.29) is 17.8 Å². The van der Waals surface area contributed by atoms with E-state index in [1.807, 2.05) is 36.1 Å². The Labute approximate surface area is 147 Å². The first kappa shape index (κ1) is 16.1. The molecule has 2 aromatic rings. The predicted octanol–water partition coefficient (Wildman–Crippen LogP) is 3.27. The number of carbonyl (C=O) groups excluding carboxylic acids is 1. The van der Waals surface area contributed by atoms with E-state index in [4.69, 9.17) is 0 Å². The van der Waals surface area contributed by atoms with Crippen LogP contribution in [0.1, 0.15) is 28.8 Å². The van der Waals surface area contributed by atoms with E-state index >= 15 is 0 Å². The van der Waals surface area contributed by atoms with Gasteiger partial charge in [0.2, 0.25) is 0 Å². The van der Waals surface area contributed by atoms with Gasteiger partial charge in [0, 0.05) is 25.2 Å². The van der Waals surface area contributed by atoms with Crippen molar-refractivity contribution in [2.75, 3.05) is 24.5 Å². The molecule has 2 aliphatic heterocycles. The summed E-state index contributed by atoms with van der Waals surface area (Å²) in [6.07, 6.45) is 3.36. The number of hydrogen-bond donors (Lipinski definition) is 0. The summed E-state index contributed by atoms with van der Waals surface area (Å²) >= 11 is 0. The smallest absolute Gasteiger partial charge is 0.254 e. The number of aryl methyl sites for hydroxylation is 1. The summed E-state index contributed by atoms with van der Waals surface area (Å²) in [7, 11) is 0. The number of fused-ring (bicyclic) bond motifs is 1.